The van der Waals surface area contributed by atoms with Gasteiger partial charge < -0.3 is 14.5 Å². The lowest BCUT2D eigenvalue weighted by Gasteiger charge is -2.20. The molecule has 106 valence electrons. The maximum Gasteiger partial charge on any atom is 0.170 e. The maximum atomic E-state index is 12.7. The molecule has 1 aliphatic heterocycles. The minimum atomic E-state index is -0.0302. The summed E-state index contributed by atoms with van der Waals surface area (Å²) in [7, 11) is 0. The van der Waals surface area contributed by atoms with Crippen LogP contribution in [0.3, 0.4) is 0 Å². The minimum absolute atomic E-state index is 0.0302. The lowest BCUT2D eigenvalue weighted by molar-refractivity contribution is 0.0462. The summed E-state index contributed by atoms with van der Waals surface area (Å²) in [6.07, 6.45) is 3.66. The van der Waals surface area contributed by atoms with E-state index in [1.165, 1.54) is 0 Å². The van der Waals surface area contributed by atoms with Gasteiger partial charge in [0.15, 0.2) is 5.78 Å². The maximum absolute atomic E-state index is 12.7. The number of Topliss-reactive ketones (excluding diaryl/α,β-unsaturated/α-hetero) is 1. The third-order valence-corrected chi connectivity index (χ3v) is 3.76. The van der Waals surface area contributed by atoms with E-state index in [0.717, 1.165) is 41.7 Å². The third kappa shape index (κ3) is 2.31. The molecule has 0 bridgehead atoms. The number of H-pyrrole nitrogens is 1. The van der Waals surface area contributed by atoms with Crippen LogP contribution in [0.25, 0.3) is 10.9 Å². The minimum Gasteiger partial charge on any atom is -0.493 e. The standard InChI is InChI=1S/C16H19NO3/c1-2-20-14-7-3-6-13-15(14)12(9-17-13)16(18)11-5-4-8-19-10-11/h3,6-7,9,11,17H,2,4-5,8,10H2,1H3. The molecule has 0 spiro atoms. The van der Waals surface area contributed by atoms with Crippen molar-refractivity contribution < 1.29 is 14.3 Å². The summed E-state index contributed by atoms with van der Waals surface area (Å²) in [5.41, 5.74) is 1.66. The highest BCUT2D eigenvalue weighted by Crippen LogP contribution is 2.31. The molecule has 2 heterocycles. The largest absolute Gasteiger partial charge is 0.493 e. The summed E-state index contributed by atoms with van der Waals surface area (Å²) in [5, 5.41) is 0.893. The van der Waals surface area contributed by atoms with Gasteiger partial charge in [0.2, 0.25) is 0 Å². The number of rotatable bonds is 4. The fourth-order valence-corrected chi connectivity index (χ4v) is 2.79. The Morgan fingerprint density at radius 3 is 3.15 bits per heavy atom. The van der Waals surface area contributed by atoms with Crippen LogP contribution in [0, 0.1) is 5.92 Å². The summed E-state index contributed by atoms with van der Waals surface area (Å²) in [6.45, 7) is 3.83. The number of hydrogen-bond acceptors (Lipinski definition) is 3. The van der Waals surface area contributed by atoms with Crippen LogP contribution in [-0.4, -0.2) is 30.6 Å². The number of fused-ring (bicyclic) bond motifs is 1. The zero-order chi connectivity index (χ0) is 13.9. The molecule has 2 aromatic rings. The average molecular weight is 273 g/mol. The second-order valence-corrected chi connectivity index (χ2v) is 5.09. The van der Waals surface area contributed by atoms with Crippen LogP contribution in [0.5, 0.6) is 5.75 Å². The molecule has 1 unspecified atom stereocenters. The fraction of sp³-hybridized carbons (Fsp3) is 0.438. The summed E-state index contributed by atoms with van der Waals surface area (Å²) < 4.78 is 11.1. The van der Waals surface area contributed by atoms with Crippen LogP contribution in [0.1, 0.15) is 30.1 Å². The predicted octanol–water partition coefficient (Wildman–Crippen LogP) is 3.18. The normalized spacial score (nSPS) is 19.1. The first-order chi connectivity index (χ1) is 9.81. The number of nitrogens with one attached hydrogen (secondary N) is 1. The summed E-state index contributed by atoms with van der Waals surface area (Å²) in [6, 6.07) is 5.81. The van der Waals surface area contributed by atoms with Crippen LogP contribution in [-0.2, 0) is 4.74 Å². The number of ketones is 1. The first-order valence-corrected chi connectivity index (χ1v) is 7.16. The SMILES string of the molecule is CCOc1cccc2[nH]cc(C(=O)C3CCCOC3)c12. The summed E-state index contributed by atoms with van der Waals surface area (Å²) in [4.78, 5) is 15.8. The van der Waals surface area contributed by atoms with E-state index < -0.39 is 0 Å². The molecular formula is C16H19NO3. The van der Waals surface area contributed by atoms with E-state index in [2.05, 4.69) is 4.98 Å². The van der Waals surface area contributed by atoms with Crippen molar-refractivity contribution in [1.82, 2.24) is 4.98 Å². The number of carbonyl (C=O) groups excluding carboxylic acids is 1. The number of benzene rings is 1. The van der Waals surface area contributed by atoms with Crippen molar-refractivity contribution in [1.29, 1.82) is 0 Å². The van der Waals surface area contributed by atoms with Gasteiger partial charge in [0.1, 0.15) is 5.75 Å². The molecule has 0 aliphatic carbocycles. The van der Waals surface area contributed by atoms with Crippen molar-refractivity contribution in [3.8, 4) is 5.75 Å². The molecular weight excluding hydrogens is 254 g/mol. The monoisotopic (exact) mass is 273 g/mol. The second kappa shape index (κ2) is 5.67. The van der Waals surface area contributed by atoms with E-state index in [9.17, 15) is 4.79 Å². The van der Waals surface area contributed by atoms with Gasteiger partial charge in [-0.15, -0.1) is 0 Å². The van der Waals surface area contributed by atoms with Crippen molar-refractivity contribution in [2.75, 3.05) is 19.8 Å². The van der Waals surface area contributed by atoms with Crippen LogP contribution in [0.15, 0.2) is 24.4 Å². The van der Waals surface area contributed by atoms with Crippen molar-refractivity contribution >= 4 is 16.7 Å². The highest BCUT2D eigenvalue weighted by atomic mass is 16.5. The van der Waals surface area contributed by atoms with Gasteiger partial charge in [-0.05, 0) is 31.9 Å². The molecule has 0 radical (unpaired) electrons. The van der Waals surface area contributed by atoms with Gasteiger partial charge in [-0.2, -0.15) is 0 Å². The molecule has 1 N–H and O–H groups in total. The summed E-state index contributed by atoms with van der Waals surface area (Å²) in [5.74, 6) is 0.895. The van der Waals surface area contributed by atoms with E-state index in [1.807, 2.05) is 25.1 Å². The van der Waals surface area contributed by atoms with Crippen molar-refractivity contribution in [3.63, 3.8) is 0 Å². The van der Waals surface area contributed by atoms with Gasteiger partial charge in [-0.1, -0.05) is 6.07 Å². The lowest BCUT2D eigenvalue weighted by Crippen LogP contribution is -2.25. The van der Waals surface area contributed by atoms with Crippen molar-refractivity contribution in [2.24, 2.45) is 5.92 Å². The van der Waals surface area contributed by atoms with Crippen LogP contribution in [0.4, 0.5) is 0 Å². The molecule has 1 saturated heterocycles. The van der Waals surface area contributed by atoms with E-state index >= 15 is 0 Å². The van der Waals surface area contributed by atoms with E-state index in [4.69, 9.17) is 9.47 Å². The van der Waals surface area contributed by atoms with Crippen molar-refractivity contribution in [3.05, 3.63) is 30.0 Å². The number of aromatic amines is 1. The average Bonchev–Trinajstić information content (AvgIpc) is 2.93. The van der Waals surface area contributed by atoms with Gasteiger partial charge in [-0.25, -0.2) is 0 Å². The zero-order valence-corrected chi connectivity index (χ0v) is 11.6. The lowest BCUT2D eigenvalue weighted by atomic mass is 9.92. The molecule has 1 aromatic carbocycles. The molecule has 1 fully saturated rings. The first kappa shape index (κ1) is 13.2. The van der Waals surface area contributed by atoms with E-state index in [1.54, 1.807) is 6.20 Å². The Bertz CT molecular complexity index is 611. The Morgan fingerprint density at radius 1 is 1.50 bits per heavy atom. The van der Waals surface area contributed by atoms with Crippen LogP contribution in [0.2, 0.25) is 0 Å². The molecule has 1 atom stereocenters. The Labute approximate surface area is 118 Å². The zero-order valence-electron chi connectivity index (χ0n) is 11.6. The molecule has 1 aliphatic rings. The van der Waals surface area contributed by atoms with Crippen LogP contribution < -0.4 is 4.74 Å². The molecule has 3 rings (SSSR count). The Balaban J connectivity index is 2.00. The molecule has 20 heavy (non-hydrogen) atoms. The summed E-state index contributed by atoms with van der Waals surface area (Å²) >= 11 is 0. The second-order valence-electron chi connectivity index (χ2n) is 5.09. The van der Waals surface area contributed by atoms with Gasteiger partial charge in [-0.3, -0.25) is 4.79 Å². The smallest absolute Gasteiger partial charge is 0.170 e. The number of aromatic nitrogens is 1. The third-order valence-electron chi connectivity index (χ3n) is 3.76. The highest BCUT2D eigenvalue weighted by molar-refractivity contribution is 6.11. The van der Waals surface area contributed by atoms with E-state index in [0.29, 0.717) is 13.2 Å². The van der Waals surface area contributed by atoms with E-state index in [-0.39, 0.29) is 11.7 Å². The quantitative estimate of drug-likeness (QED) is 0.870. The Morgan fingerprint density at radius 2 is 2.40 bits per heavy atom. The Hall–Kier alpha value is -1.81. The number of carbonyl (C=O) groups is 1. The molecule has 0 saturated carbocycles. The van der Waals surface area contributed by atoms with Gasteiger partial charge in [0, 0.05) is 29.8 Å². The van der Waals surface area contributed by atoms with Gasteiger partial charge in [0.25, 0.3) is 0 Å². The van der Waals surface area contributed by atoms with Crippen molar-refractivity contribution in [2.45, 2.75) is 19.8 Å². The molecule has 4 nitrogen and oxygen atoms in total. The Kier molecular flexibility index (Phi) is 3.74. The topological polar surface area (TPSA) is 51.3 Å². The van der Waals surface area contributed by atoms with Crippen LogP contribution >= 0.6 is 0 Å². The highest BCUT2D eigenvalue weighted by Gasteiger charge is 2.26. The predicted molar refractivity (Wildman–Crippen MR) is 77.3 cm³/mol. The first-order valence-electron chi connectivity index (χ1n) is 7.16. The molecule has 1 aromatic heterocycles. The molecule has 0 amide bonds. The number of ether oxygens (including phenoxy) is 2. The number of hydrogen-bond donors (Lipinski definition) is 1. The molecule has 4 heteroatoms. The van der Waals surface area contributed by atoms with Gasteiger partial charge >= 0.3 is 0 Å². The fourth-order valence-electron chi connectivity index (χ4n) is 2.79. The van der Waals surface area contributed by atoms with Gasteiger partial charge in [0.05, 0.1) is 18.6 Å².